The monoisotopic (exact) mass is 364 g/mol. The molecule has 0 spiro atoms. The van der Waals surface area contributed by atoms with Crippen LogP contribution in [0.5, 0.6) is 0 Å². The van der Waals surface area contributed by atoms with E-state index in [1.807, 2.05) is 38.7 Å². The Kier molecular flexibility index (Phi) is 5.21. The maximum Gasteiger partial charge on any atom is 0.264 e. The Bertz CT molecular complexity index is 660. The summed E-state index contributed by atoms with van der Waals surface area (Å²) in [6.45, 7) is 8.85. The van der Waals surface area contributed by atoms with Crippen molar-refractivity contribution in [3.63, 3.8) is 0 Å². The first-order valence-electron chi connectivity index (χ1n) is 9.12. The molecule has 2 fully saturated rings. The molecular formula is C19H28N2O3S. The minimum Gasteiger partial charge on any atom is -0.374 e. The minimum atomic E-state index is -0.457. The van der Waals surface area contributed by atoms with E-state index in [1.165, 1.54) is 17.8 Å². The minimum absolute atomic E-state index is 0.0357. The quantitative estimate of drug-likeness (QED) is 0.868. The third-order valence-corrected chi connectivity index (χ3v) is 6.16. The lowest BCUT2D eigenvalue weighted by molar-refractivity contribution is -0.123. The van der Waals surface area contributed by atoms with Gasteiger partial charge in [0, 0.05) is 12.0 Å². The number of aryl methyl sites for hydroxylation is 1. The van der Waals surface area contributed by atoms with Gasteiger partial charge in [0.25, 0.3) is 5.91 Å². The first kappa shape index (κ1) is 18.4. The largest absolute Gasteiger partial charge is 0.374 e. The highest BCUT2D eigenvalue weighted by Crippen LogP contribution is 2.33. The van der Waals surface area contributed by atoms with Crippen molar-refractivity contribution in [1.29, 1.82) is 0 Å². The highest BCUT2D eigenvalue weighted by atomic mass is 32.1. The van der Waals surface area contributed by atoms with Crippen molar-refractivity contribution >= 4 is 28.2 Å². The van der Waals surface area contributed by atoms with E-state index in [9.17, 15) is 9.59 Å². The molecule has 1 N–H and O–H groups in total. The number of hydrogen-bond donors (Lipinski definition) is 1. The summed E-state index contributed by atoms with van der Waals surface area (Å²) in [4.78, 5) is 28.1. The maximum atomic E-state index is 13.1. The van der Waals surface area contributed by atoms with Crippen LogP contribution >= 0.6 is 11.3 Å². The number of thiophene rings is 1. The summed E-state index contributed by atoms with van der Waals surface area (Å²) in [6, 6.07) is 2.10. The number of ether oxygens (including phenoxy) is 1. The Balaban J connectivity index is 1.77. The molecule has 0 aromatic carbocycles. The number of anilines is 1. The SMILES string of the molecule is Cc1cc(NC(=O)C(C)(C)C)sc1C(=O)N1CCO[C@H]2CCCC[C@H]21. The predicted molar refractivity (Wildman–Crippen MR) is 100 cm³/mol. The van der Waals surface area contributed by atoms with Crippen LogP contribution < -0.4 is 5.32 Å². The van der Waals surface area contributed by atoms with Gasteiger partial charge in [0.1, 0.15) is 0 Å². The molecule has 1 aromatic rings. The molecule has 0 radical (unpaired) electrons. The van der Waals surface area contributed by atoms with Gasteiger partial charge in [-0.25, -0.2) is 0 Å². The van der Waals surface area contributed by atoms with Crippen molar-refractivity contribution < 1.29 is 14.3 Å². The van der Waals surface area contributed by atoms with Crippen molar-refractivity contribution in [2.45, 2.75) is 65.5 Å². The van der Waals surface area contributed by atoms with E-state index in [1.54, 1.807) is 0 Å². The molecule has 5 nitrogen and oxygen atoms in total. The summed E-state index contributed by atoms with van der Waals surface area (Å²) in [5, 5.41) is 3.69. The third kappa shape index (κ3) is 3.90. The molecule has 2 atom stereocenters. The molecule has 3 rings (SSSR count). The average Bonchev–Trinajstić information content (AvgIpc) is 2.93. The molecule has 1 aromatic heterocycles. The van der Waals surface area contributed by atoms with Crippen molar-refractivity contribution in [3.8, 4) is 0 Å². The van der Waals surface area contributed by atoms with Gasteiger partial charge in [-0.1, -0.05) is 33.6 Å². The van der Waals surface area contributed by atoms with E-state index >= 15 is 0 Å². The van der Waals surface area contributed by atoms with Gasteiger partial charge in [-0.3, -0.25) is 9.59 Å². The van der Waals surface area contributed by atoms with Crippen molar-refractivity contribution in [3.05, 3.63) is 16.5 Å². The molecule has 1 saturated carbocycles. The fraction of sp³-hybridized carbons (Fsp3) is 0.684. The molecule has 2 amide bonds. The van der Waals surface area contributed by atoms with Gasteiger partial charge in [-0.2, -0.15) is 0 Å². The van der Waals surface area contributed by atoms with Crippen molar-refractivity contribution in [2.75, 3.05) is 18.5 Å². The van der Waals surface area contributed by atoms with Crippen LogP contribution in [0.25, 0.3) is 0 Å². The fourth-order valence-corrected chi connectivity index (χ4v) is 4.56. The molecule has 0 unspecified atom stereocenters. The average molecular weight is 365 g/mol. The zero-order chi connectivity index (χ0) is 18.2. The third-order valence-electron chi connectivity index (χ3n) is 5.02. The molecule has 1 aliphatic heterocycles. The Hall–Kier alpha value is -1.40. The van der Waals surface area contributed by atoms with E-state index in [-0.39, 0.29) is 24.0 Å². The van der Waals surface area contributed by atoms with E-state index in [2.05, 4.69) is 5.32 Å². The number of amides is 2. The topological polar surface area (TPSA) is 58.6 Å². The molecular weight excluding hydrogens is 336 g/mol. The summed E-state index contributed by atoms with van der Waals surface area (Å²) in [5.74, 6) is 0.0467. The Morgan fingerprint density at radius 1 is 1.28 bits per heavy atom. The van der Waals surface area contributed by atoms with Gasteiger partial charge in [0.2, 0.25) is 5.91 Å². The second kappa shape index (κ2) is 7.08. The van der Waals surface area contributed by atoms with Gasteiger partial charge < -0.3 is 15.0 Å². The lowest BCUT2D eigenvalue weighted by Crippen LogP contribution is -2.54. The number of nitrogens with one attached hydrogen (secondary N) is 1. The maximum absolute atomic E-state index is 13.1. The number of rotatable bonds is 2. The zero-order valence-electron chi connectivity index (χ0n) is 15.6. The second-order valence-corrected chi connectivity index (χ2v) is 9.14. The van der Waals surface area contributed by atoms with Crippen molar-refractivity contribution in [2.24, 2.45) is 5.41 Å². The van der Waals surface area contributed by atoms with Crippen LogP contribution in [0.2, 0.25) is 0 Å². The van der Waals surface area contributed by atoms with Crippen LogP contribution in [-0.2, 0) is 9.53 Å². The summed E-state index contributed by atoms with van der Waals surface area (Å²) < 4.78 is 5.88. The highest BCUT2D eigenvalue weighted by molar-refractivity contribution is 7.18. The summed E-state index contributed by atoms with van der Waals surface area (Å²) in [6.07, 6.45) is 4.60. The van der Waals surface area contributed by atoms with E-state index in [0.29, 0.717) is 13.2 Å². The number of carbonyl (C=O) groups excluding carboxylic acids is 2. The van der Waals surface area contributed by atoms with Gasteiger partial charge in [-0.15, -0.1) is 11.3 Å². The van der Waals surface area contributed by atoms with Gasteiger partial charge in [0.05, 0.1) is 28.6 Å². The molecule has 138 valence electrons. The van der Waals surface area contributed by atoms with E-state index < -0.39 is 5.41 Å². The summed E-state index contributed by atoms with van der Waals surface area (Å²) in [7, 11) is 0. The Morgan fingerprint density at radius 2 is 2.00 bits per heavy atom. The van der Waals surface area contributed by atoms with Crippen LogP contribution in [0.3, 0.4) is 0 Å². The van der Waals surface area contributed by atoms with Crippen molar-refractivity contribution in [1.82, 2.24) is 4.90 Å². The van der Waals surface area contributed by atoms with Crippen LogP contribution in [0.4, 0.5) is 5.00 Å². The molecule has 2 heterocycles. The number of hydrogen-bond acceptors (Lipinski definition) is 4. The summed E-state index contributed by atoms with van der Waals surface area (Å²) in [5.41, 5.74) is 0.472. The molecule has 25 heavy (non-hydrogen) atoms. The van der Waals surface area contributed by atoms with Crippen LogP contribution in [0.1, 0.15) is 61.7 Å². The predicted octanol–water partition coefficient (Wildman–Crippen LogP) is 3.82. The molecule has 6 heteroatoms. The van der Waals surface area contributed by atoms with E-state index in [0.717, 1.165) is 34.7 Å². The van der Waals surface area contributed by atoms with Gasteiger partial charge >= 0.3 is 0 Å². The molecule has 1 aliphatic carbocycles. The van der Waals surface area contributed by atoms with Crippen LogP contribution in [-0.4, -0.2) is 42.0 Å². The number of fused-ring (bicyclic) bond motifs is 1. The molecule has 0 bridgehead atoms. The number of morpholine rings is 1. The van der Waals surface area contributed by atoms with Crippen LogP contribution in [0, 0.1) is 12.3 Å². The first-order chi connectivity index (χ1) is 11.8. The second-order valence-electron chi connectivity index (χ2n) is 8.09. The fourth-order valence-electron chi connectivity index (χ4n) is 3.53. The lowest BCUT2D eigenvalue weighted by Gasteiger charge is -2.43. The normalized spacial score (nSPS) is 23.9. The molecule has 1 saturated heterocycles. The first-order valence-corrected chi connectivity index (χ1v) is 9.93. The smallest absolute Gasteiger partial charge is 0.264 e. The number of carbonyl (C=O) groups is 2. The highest BCUT2D eigenvalue weighted by Gasteiger charge is 2.37. The lowest BCUT2D eigenvalue weighted by atomic mass is 9.90. The van der Waals surface area contributed by atoms with E-state index in [4.69, 9.17) is 4.74 Å². The summed E-state index contributed by atoms with van der Waals surface area (Å²) >= 11 is 1.38. The van der Waals surface area contributed by atoms with Gasteiger partial charge in [-0.05, 0) is 31.4 Å². The van der Waals surface area contributed by atoms with Crippen LogP contribution in [0.15, 0.2) is 6.07 Å². The number of nitrogens with zero attached hydrogens (tertiary/aromatic N) is 1. The Labute approximate surface area is 153 Å². The standard InChI is InChI=1S/C19H28N2O3S/c1-12-11-15(20-18(23)19(2,3)4)25-16(12)17(22)21-9-10-24-14-8-6-5-7-13(14)21/h11,13-14H,5-10H2,1-4H3,(H,20,23)/t13-,14+/m1/s1. The zero-order valence-corrected chi connectivity index (χ0v) is 16.4. The van der Waals surface area contributed by atoms with Gasteiger partial charge in [0.15, 0.2) is 0 Å². The molecule has 2 aliphatic rings. The Morgan fingerprint density at radius 3 is 2.72 bits per heavy atom.